The number of allylic oxidation sites excluding steroid dienone is 3. The summed E-state index contributed by atoms with van der Waals surface area (Å²) in [5.41, 5.74) is 0.939. The van der Waals surface area contributed by atoms with Gasteiger partial charge in [-0.3, -0.25) is 10.3 Å². The Balaban J connectivity index is 0.000001000. The molecular formula is C8H11N2Ta. The SMILES string of the molecule is CC(C)N=CC1=CC=C[N]1.[Ta]. The van der Waals surface area contributed by atoms with Gasteiger partial charge in [0, 0.05) is 40.8 Å². The first-order chi connectivity index (χ1) is 4.79. The van der Waals surface area contributed by atoms with Crippen molar-refractivity contribution in [2.24, 2.45) is 4.99 Å². The van der Waals surface area contributed by atoms with E-state index in [4.69, 9.17) is 0 Å². The third kappa shape index (κ3) is 4.19. The van der Waals surface area contributed by atoms with Crippen molar-refractivity contribution in [3.05, 3.63) is 24.0 Å². The molecule has 0 atom stereocenters. The summed E-state index contributed by atoms with van der Waals surface area (Å²) < 4.78 is 0. The molecule has 0 fully saturated rings. The standard InChI is InChI=1S/C8H11N2.Ta/c1-7(2)10-6-8-4-3-5-9-8;/h3-7H,1-2H3;. The summed E-state index contributed by atoms with van der Waals surface area (Å²) in [6.07, 6.45) is 7.40. The monoisotopic (exact) mass is 316 g/mol. The maximum Gasteiger partial charge on any atom is 0.0808 e. The third-order valence-corrected chi connectivity index (χ3v) is 1.08. The van der Waals surface area contributed by atoms with Gasteiger partial charge in [-0.05, 0) is 26.0 Å². The van der Waals surface area contributed by atoms with Gasteiger partial charge in [-0.15, -0.1) is 0 Å². The van der Waals surface area contributed by atoms with Gasteiger partial charge >= 0.3 is 0 Å². The first-order valence-electron chi connectivity index (χ1n) is 3.40. The van der Waals surface area contributed by atoms with Gasteiger partial charge in [0.25, 0.3) is 0 Å². The van der Waals surface area contributed by atoms with E-state index < -0.39 is 0 Å². The molecule has 11 heavy (non-hydrogen) atoms. The van der Waals surface area contributed by atoms with Crippen LogP contribution in [0.2, 0.25) is 0 Å². The molecule has 1 heterocycles. The zero-order valence-corrected chi connectivity index (χ0v) is 9.94. The Hall–Kier alpha value is -0.310. The minimum Gasteiger partial charge on any atom is -0.288 e. The van der Waals surface area contributed by atoms with Crippen molar-refractivity contribution >= 4 is 6.21 Å². The summed E-state index contributed by atoms with van der Waals surface area (Å²) in [4.78, 5) is 4.18. The molecule has 2 nitrogen and oxygen atoms in total. The van der Waals surface area contributed by atoms with Crippen LogP contribution in [-0.4, -0.2) is 12.3 Å². The normalized spacial score (nSPS) is 15.0. The molecule has 0 aromatic rings. The van der Waals surface area contributed by atoms with E-state index in [2.05, 4.69) is 10.3 Å². The van der Waals surface area contributed by atoms with E-state index in [1.54, 1.807) is 12.4 Å². The second-order valence-electron chi connectivity index (χ2n) is 2.43. The van der Waals surface area contributed by atoms with Gasteiger partial charge in [0.15, 0.2) is 0 Å². The molecule has 0 aromatic heterocycles. The van der Waals surface area contributed by atoms with Crippen LogP contribution in [0, 0.1) is 0 Å². The molecular weight excluding hydrogens is 305 g/mol. The summed E-state index contributed by atoms with van der Waals surface area (Å²) >= 11 is 0. The first-order valence-corrected chi connectivity index (χ1v) is 3.40. The average Bonchev–Trinajstić information content (AvgIpc) is 2.34. The molecule has 3 heteroatoms. The number of hydrogen-bond donors (Lipinski definition) is 0. The maximum atomic E-state index is 4.18. The quantitative estimate of drug-likeness (QED) is 0.690. The minimum atomic E-state index is 0. The summed E-state index contributed by atoms with van der Waals surface area (Å²) in [5, 5.41) is 4.04. The summed E-state index contributed by atoms with van der Waals surface area (Å²) in [5.74, 6) is 0. The number of hydrogen-bond acceptors (Lipinski definition) is 1. The van der Waals surface area contributed by atoms with Crippen LogP contribution in [0.1, 0.15) is 13.8 Å². The zero-order chi connectivity index (χ0) is 7.40. The van der Waals surface area contributed by atoms with Gasteiger partial charge < -0.3 is 0 Å². The number of nitrogens with zero attached hydrogens (tertiary/aromatic N) is 2. The Labute approximate surface area is 83.0 Å². The fourth-order valence-corrected chi connectivity index (χ4v) is 0.616. The van der Waals surface area contributed by atoms with Crippen LogP contribution in [0.25, 0.3) is 0 Å². The second kappa shape index (κ2) is 5.35. The van der Waals surface area contributed by atoms with E-state index in [0.29, 0.717) is 6.04 Å². The molecule has 1 rings (SSSR count). The molecule has 0 saturated carbocycles. The Morgan fingerprint density at radius 3 is 2.73 bits per heavy atom. The van der Waals surface area contributed by atoms with E-state index in [-0.39, 0.29) is 22.4 Å². The van der Waals surface area contributed by atoms with Crippen LogP contribution in [0.15, 0.2) is 29.0 Å². The van der Waals surface area contributed by atoms with E-state index >= 15 is 0 Å². The van der Waals surface area contributed by atoms with Gasteiger partial charge in [-0.25, -0.2) is 0 Å². The summed E-state index contributed by atoms with van der Waals surface area (Å²) in [6, 6.07) is 0.358. The van der Waals surface area contributed by atoms with E-state index in [9.17, 15) is 0 Å². The van der Waals surface area contributed by atoms with Crippen LogP contribution >= 0.6 is 0 Å². The third-order valence-electron chi connectivity index (χ3n) is 1.08. The average molecular weight is 316 g/mol. The molecule has 0 amide bonds. The topological polar surface area (TPSA) is 26.5 Å². The maximum absolute atomic E-state index is 4.18. The van der Waals surface area contributed by atoms with Crippen molar-refractivity contribution < 1.29 is 22.4 Å². The Morgan fingerprint density at radius 2 is 2.27 bits per heavy atom. The largest absolute Gasteiger partial charge is 0.288 e. The van der Waals surface area contributed by atoms with Crippen LogP contribution < -0.4 is 5.32 Å². The van der Waals surface area contributed by atoms with E-state index in [1.807, 2.05) is 26.0 Å². The van der Waals surface area contributed by atoms with Gasteiger partial charge in [0.1, 0.15) is 0 Å². The van der Waals surface area contributed by atoms with Crippen LogP contribution in [0.4, 0.5) is 0 Å². The number of rotatable bonds is 2. The van der Waals surface area contributed by atoms with Gasteiger partial charge in [0.05, 0.1) is 5.70 Å². The van der Waals surface area contributed by atoms with Crippen molar-refractivity contribution in [3.63, 3.8) is 0 Å². The Kier molecular flexibility index (Phi) is 5.20. The fraction of sp³-hybridized carbons (Fsp3) is 0.375. The molecule has 1 aliphatic rings. The summed E-state index contributed by atoms with van der Waals surface area (Å²) in [7, 11) is 0. The Bertz CT molecular complexity index is 192. The molecule has 0 aliphatic carbocycles. The molecule has 0 bridgehead atoms. The molecule has 2 radical (unpaired) electrons. The zero-order valence-electron chi connectivity index (χ0n) is 6.73. The van der Waals surface area contributed by atoms with E-state index in [1.165, 1.54) is 0 Å². The van der Waals surface area contributed by atoms with Gasteiger partial charge in [0.2, 0.25) is 0 Å². The first kappa shape index (κ1) is 10.7. The summed E-state index contributed by atoms with van der Waals surface area (Å²) in [6.45, 7) is 4.08. The minimum absolute atomic E-state index is 0. The van der Waals surface area contributed by atoms with Crippen molar-refractivity contribution in [3.8, 4) is 0 Å². The molecule has 1 aliphatic heterocycles. The predicted octanol–water partition coefficient (Wildman–Crippen LogP) is 1.48. The smallest absolute Gasteiger partial charge is 0.0808 e. The molecule has 0 aromatic carbocycles. The molecule has 0 spiro atoms. The molecule has 0 unspecified atom stereocenters. The molecule has 0 saturated heterocycles. The van der Waals surface area contributed by atoms with Crippen molar-refractivity contribution in [1.29, 1.82) is 0 Å². The van der Waals surface area contributed by atoms with Crippen LogP contribution in [0.3, 0.4) is 0 Å². The molecule has 58 valence electrons. The van der Waals surface area contributed by atoms with Crippen molar-refractivity contribution in [2.45, 2.75) is 19.9 Å². The van der Waals surface area contributed by atoms with Crippen molar-refractivity contribution in [1.82, 2.24) is 5.32 Å². The van der Waals surface area contributed by atoms with Gasteiger partial charge in [-0.2, -0.15) is 0 Å². The fourth-order valence-electron chi connectivity index (χ4n) is 0.616. The molecule has 0 N–H and O–H groups in total. The predicted molar refractivity (Wildman–Crippen MR) is 43.0 cm³/mol. The van der Waals surface area contributed by atoms with E-state index in [0.717, 1.165) is 5.70 Å². The Morgan fingerprint density at radius 1 is 1.55 bits per heavy atom. The van der Waals surface area contributed by atoms with Crippen molar-refractivity contribution in [2.75, 3.05) is 0 Å². The van der Waals surface area contributed by atoms with Crippen LogP contribution in [0.5, 0.6) is 0 Å². The number of aliphatic imine (C=N–C) groups is 1. The van der Waals surface area contributed by atoms with Gasteiger partial charge in [-0.1, -0.05) is 0 Å². The van der Waals surface area contributed by atoms with Crippen LogP contribution in [-0.2, 0) is 22.4 Å². The second-order valence-corrected chi connectivity index (χ2v) is 2.43.